The Morgan fingerprint density at radius 1 is 1.35 bits per heavy atom. The van der Waals surface area contributed by atoms with Crippen molar-refractivity contribution in [2.24, 2.45) is 0 Å². The lowest BCUT2D eigenvalue weighted by atomic mass is 9.97. The summed E-state index contributed by atoms with van der Waals surface area (Å²) in [7, 11) is 0. The molecule has 1 aliphatic carbocycles. The summed E-state index contributed by atoms with van der Waals surface area (Å²) < 4.78 is 0.870. The van der Waals surface area contributed by atoms with Gasteiger partial charge in [0.25, 0.3) is 5.69 Å². The Morgan fingerprint density at radius 3 is 2.90 bits per heavy atom. The van der Waals surface area contributed by atoms with Gasteiger partial charge in [0.2, 0.25) is 0 Å². The average molecular weight is 339 g/mol. The van der Waals surface area contributed by atoms with E-state index in [1.165, 1.54) is 31.3 Å². The molecule has 0 saturated carbocycles. The molecule has 1 aliphatic rings. The Balaban J connectivity index is 1.85. The van der Waals surface area contributed by atoms with E-state index in [1.807, 2.05) is 6.07 Å². The number of hydrogen-bond donors (Lipinski definition) is 1. The van der Waals surface area contributed by atoms with Crippen molar-refractivity contribution in [1.29, 1.82) is 0 Å². The van der Waals surface area contributed by atoms with Gasteiger partial charge in [-0.15, -0.1) is 0 Å². The number of nitro benzene ring substituents is 1. The van der Waals surface area contributed by atoms with Gasteiger partial charge in [0.05, 0.1) is 4.92 Å². The Hall–Kier alpha value is -1.20. The van der Waals surface area contributed by atoms with Crippen LogP contribution in [0.15, 0.2) is 34.3 Å². The molecule has 4 nitrogen and oxygen atoms in total. The van der Waals surface area contributed by atoms with E-state index in [2.05, 4.69) is 27.3 Å². The fraction of sp³-hybridized carbons (Fsp3) is 0.467. The zero-order valence-corrected chi connectivity index (χ0v) is 13.0. The molecule has 108 valence electrons. The summed E-state index contributed by atoms with van der Waals surface area (Å²) in [4.78, 5) is 10.6. The van der Waals surface area contributed by atoms with Crippen molar-refractivity contribution < 1.29 is 4.92 Å². The van der Waals surface area contributed by atoms with Gasteiger partial charge >= 0.3 is 0 Å². The Morgan fingerprint density at radius 2 is 2.20 bits per heavy atom. The quantitative estimate of drug-likeness (QED) is 0.363. The highest BCUT2D eigenvalue weighted by Crippen LogP contribution is 2.23. The molecule has 5 heteroatoms. The molecule has 0 fully saturated rings. The molecule has 1 aromatic rings. The van der Waals surface area contributed by atoms with Crippen molar-refractivity contribution in [3.8, 4) is 0 Å². The fourth-order valence-corrected chi connectivity index (χ4v) is 2.89. The molecule has 0 unspecified atom stereocenters. The monoisotopic (exact) mass is 338 g/mol. The minimum atomic E-state index is -0.326. The Bertz CT molecular complexity index is 515. The Kier molecular flexibility index (Phi) is 5.73. The van der Waals surface area contributed by atoms with Crippen LogP contribution in [0.3, 0.4) is 0 Å². The predicted octanol–water partition coefficient (Wildman–Crippen LogP) is 4.34. The first-order valence-corrected chi connectivity index (χ1v) is 7.77. The number of nitrogens with zero attached hydrogens (tertiary/aromatic N) is 1. The molecule has 0 bridgehead atoms. The SMILES string of the molecule is O=[N+]([O-])c1ccc(Br)cc1CNCCC1=CCCCC1. The molecule has 1 N–H and O–H groups in total. The van der Waals surface area contributed by atoms with Crippen LogP contribution < -0.4 is 5.32 Å². The average Bonchev–Trinajstić information content (AvgIpc) is 2.44. The van der Waals surface area contributed by atoms with Crippen molar-refractivity contribution in [3.05, 3.63) is 50.0 Å². The van der Waals surface area contributed by atoms with Crippen LogP contribution in [-0.2, 0) is 6.54 Å². The number of nitrogens with one attached hydrogen (secondary N) is 1. The van der Waals surface area contributed by atoms with Crippen molar-refractivity contribution in [2.45, 2.75) is 38.6 Å². The first-order chi connectivity index (χ1) is 9.66. The van der Waals surface area contributed by atoms with Gasteiger partial charge in [0.15, 0.2) is 0 Å². The highest BCUT2D eigenvalue weighted by Gasteiger charge is 2.13. The van der Waals surface area contributed by atoms with Crippen molar-refractivity contribution in [2.75, 3.05) is 6.54 Å². The molecule has 0 aromatic heterocycles. The van der Waals surface area contributed by atoms with Crippen LogP contribution in [0.4, 0.5) is 5.69 Å². The number of halogens is 1. The molecule has 1 aromatic carbocycles. The topological polar surface area (TPSA) is 55.2 Å². The number of allylic oxidation sites excluding steroid dienone is 1. The van der Waals surface area contributed by atoms with Crippen LogP contribution in [0.2, 0.25) is 0 Å². The number of nitro groups is 1. The summed E-state index contributed by atoms with van der Waals surface area (Å²) in [5, 5.41) is 14.3. The smallest absolute Gasteiger partial charge is 0.273 e. The van der Waals surface area contributed by atoms with Crippen molar-refractivity contribution >= 4 is 21.6 Å². The zero-order chi connectivity index (χ0) is 14.4. The number of rotatable bonds is 6. The summed E-state index contributed by atoms with van der Waals surface area (Å²) in [6.45, 7) is 1.40. The first kappa shape index (κ1) is 15.2. The Labute approximate surface area is 127 Å². The third-order valence-corrected chi connectivity index (χ3v) is 4.05. The highest BCUT2D eigenvalue weighted by molar-refractivity contribution is 9.10. The normalized spacial score (nSPS) is 14.9. The fourth-order valence-electron chi connectivity index (χ4n) is 2.48. The highest BCUT2D eigenvalue weighted by atomic mass is 79.9. The van der Waals surface area contributed by atoms with E-state index in [0.717, 1.165) is 23.0 Å². The minimum Gasteiger partial charge on any atom is -0.312 e. The van der Waals surface area contributed by atoms with E-state index >= 15 is 0 Å². The second-order valence-corrected chi connectivity index (χ2v) is 5.98. The summed E-state index contributed by atoms with van der Waals surface area (Å²) in [6.07, 6.45) is 8.39. The molecule has 2 rings (SSSR count). The lowest BCUT2D eigenvalue weighted by Gasteiger charge is -2.13. The van der Waals surface area contributed by atoms with Gasteiger partial charge in [-0.3, -0.25) is 10.1 Å². The zero-order valence-electron chi connectivity index (χ0n) is 11.4. The van der Waals surface area contributed by atoms with Crippen LogP contribution in [-0.4, -0.2) is 11.5 Å². The standard InChI is InChI=1S/C15H19BrN2O2/c16-14-6-7-15(18(19)20)13(10-14)11-17-9-8-12-4-2-1-3-5-12/h4,6-7,10,17H,1-3,5,8-9,11H2. The van der Waals surface area contributed by atoms with Crippen molar-refractivity contribution in [1.82, 2.24) is 5.32 Å². The molecule has 0 radical (unpaired) electrons. The van der Waals surface area contributed by atoms with E-state index in [1.54, 1.807) is 12.1 Å². The molecular formula is C15H19BrN2O2. The van der Waals surface area contributed by atoms with Crippen LogP contribution in [0.1, 0.15) is 37.7 Å². The molecular weight excluding hydrogens is 320 g/mol. The molecule has 0 amide bonds. The van der Waals surface area contributed by atoms with Gasteiger partial charge < -0.3 is 5.32 Å². The lowest BCUT2D eigenvalue weighted by molar-refractivity contribution is -0.385. The van der Waals surface area contributed by atoms with Crippen molar-refractivity contribution in [3.63, 3.8) is 0 Å². The van der Waals surface area contributed by atoms with Crippen LogP contribution in [0.25, 0.3) is 0 Å². The third kappa shape index (κ3) is 4.42. The van der Waals surface area contributed by atoms with Gasteiger partial charge in [-0.2, -0.15) is 0 Å². The van der Waals surface area contributed by atoms with E-state index in [-0.39, 0.29) is 10.6 Å². The largest absolute Gasteiger partial charge is 0.312 e. The van der Waals surface area contributed by atoms with Gasteiger partial charge in [-0.25, -0.2) is 0 Å². The lowest BCUT2D eigenvalue weighted by Crippen LogP contribution is -2.16. The van der Waals surface area contributed by atoms with Crippen LogP contribution in [0.5, 0.6) is 0 Å². The van der Waals surface area contributed by atoms with Crippen LogP contribution >= 0.6 is 15.9 Å². The predicted molar refractivity (Wildman–Crippen MR) is 83.7 cm³/mol. The maximum atomic E-state index is 11.0. The van der Waals surface area contributed by atoms with E-state index in [0.29, 0.717) is 6.54 Å². The van der Waals surface area contributed by atoms with E-state index in [9.17, 15) is 10.1 Å². The summed E-state index contributed by atoms with van der Waals surface area (Å²) in [6, 6.07) is 5.06. The molecule has 20 heavy (non-hydrogen) atoms. The number of hydrogen-bond acceptors (Lipinski definition) is 3. The summed E-state index contributed by atoms with van der Waals surface area (Å²) in [5.41, 5.74) is 2.42. The summed E-state index contributed by atoms with van der Waals surface area (Å²) in [5.74, 6) is 0. The maximum absolute atomic E-state index is 11.0. The van der Waals surface area contributed by atoms with Gasteiger partial charge in [0.1, 0.15) is 0 Å². The van der Waals surface area contributed by atoms with Crippen LogP contribution in [0, 0.1) is 10.1 Å². The van der Waals surface area contributed by atoms with Gasteiger partial charge in [-0.1, -0.05) is 27.6 Å². The van der Waals surface area contributed by atoms with Gasteiger partial charge in [0, 0.05) is 22.6 Å². The molecule has 0 saturated heterocycles. The second kappa shape index (κ2) is 7.55. The molecule has 0 atom stereocenters. The van der Waals surface area contributed by atoms with E-state index in [4.69, 9.17) is 0 Å². The molecule has 0 aliphatic heterocycles. The summed E-state index contributed by atoms with van der Waals surface area (Å²) >= 11 is 3.36. The second-order valence-electron chi connectivity index (χ2n) is 5.07. The third-order valence-electron chi connectivity index (χ3n) is 3.56. The molecule has 0 spiro atoms. The molecule has 0 heterocycles. The number of benzene rings is 1. The maximum Gasteiger partial charge on any atom is 0.273 e. The van der Waals surface area contributed by atoms with E-state index < -0.39 is 0 Å². The minimum absolute atomic E-state index is 0.178. The van der Waals surface area contributed by atoms with Gasteiger partial charge in [-0.05, 0) is 50.8 Å². The first-order valence-electron chi connectivity index (χ1n) is 6.98.